The number of ether oxygens (including phenoxy) is 1. The van der Waals surface area contributed by atoms with E-state index in [0.29, 0.717) is 0 Å². The van der Waals surface area contributed by atoms with Gasteiger partial charge in [-0.05, 0) is 13.0 Å². The number of hydrogen-bond acceptors (Lipinski definition) is 2. The van der Waals surface area contributed by atoms with E-state index in [1.165, 1.54) is 6.20 Å². The molecule has 0 unspecified atom stereocenters. The monoisotopic (exact) mass is 187 g/mol. The van der Waals surface area contributed by atoms with Crippen molar-refractivity contribution in [3.05, 3.63) is 23.9 Å². The summed E-state index contributed by atoms with van der Waals surface area (Å²) in [5.74, 6) is -2.55. The Bertz CT molecular complexity index is 283. The van der Waals surface area contributed by atoms with Crippen molar-refractivity contribution in [2.24, 2.45) is 0 Å². The van der Waals surface area contributed by atoms with E-state index in [2.05, 4.69) is 4.98 Å². The van der Waals surface area contributed by atoms with Gasteiger partial charge in [0, 0.05) is 18.7 Å². The smallest absolute Gasteiger partial charge is 0.278 e. The maximum Gasteiger partial charge on any atom is 0.278 e. The van der Waals surface area contributed by atoms with E-state index in [4.69, 9.17) is 4.74 Å². The Labute approximate surface area is 75.6 Å². The van der Waals surface area contributed by atoms with Gasteiger partial charge >= 0.3 is 0 Å². The molecule has 0 amide bonds. The highest BCUT2D eigenvalue weighted by molar-refractivity contribution is 5.23. The van der Waals surface area contributed by atoms with Crippen LogP contribution in [0.1, 0.15) is 12.5 Å². The molecule has 1 heterocycles. The van der Waals surface area contributed by atoms with Crippen LogP contribution in [0.15, 0.2) is 18.3 Å². The quantitative estimate of drug-likeness (QED) is 0.725. The topological polar surface area (TPSA) is 22.1 Å². The van der Waals surface area contributed by atoms with Gasteiger partial charge in [0.2, 0.25) is 5.88 Å². The van der Waals surface area contributed by atoms with Crippen LogP contribution in [0.4, 0.5) is 8.78 Å². The minimum Gasteiger partial charge on any atom is -0.471 e. The summed E-state index contributed by atoms with van der Waals surface area (Å²) in [4.78, 5) is 3.83. The van der Waals surface area contributed by atoms with Crippen LogP contribution in [0.2, 0.25) is 0 Å². The van der Waals surface area contributed by atoms with Gasteiger partial charge in [-0.2, -0.15) is 0 Å². The highest BCUT2D eigenvalue weighted by atomic mass is 19.3. The normalized spacial score (nSPS) is 11.4. The first kappa shape index (κ1) is 9.89. The largest absolute Gasteiger partial charge is 0.471 e. The van der Waals surface area contributed by atoms with Crippen LogP contribution in [0.5, 0.6) is 5.88 Å². The summed E-state index contributed by atoms with van der Waals surface area (Å²) in [7, 11) is 0. The van der Waals surface area contributed by atoms with Gasteiger partial charge in [0.25, 0.3) is 5.92 Å². The second kappa shape index (κ2) is 3.68. The molecule has 0 N–H and O–H groups in total. The number of pyridine rings is 1. The van der Waals surface area contributed by atoms with Gasteiger partial charge in [-0.3, -0.25) is 0 Å². The lowest BCUT2D eigenvalue weighted by Gasteiger charge is -2.12. The summed E-state index contributed by atoms with van der Waals surface area (Å²) in [6.07, 6.45) is 1.51. The van der Waals surface area contributed by atoms with Crippen molar-refractivity contribution in [1.29, 1.82) is 0 Å². The lowest BCUT2D eigenvalue weighted by molar-refractivity contribution is -0.0244. The average Bonchev–Trinajstić information content (AvgIpc) is 2.01. The Kier molecular flexibility index (Phi) is 2.80. The van der Waals surface area contributed by atoms with Gasteiger partial charge in [0.1, 0.15) is 0 Å². The minimum atomic E-state index is -2.82. The zero-order chi connectivity index (χ0) is 9.90. The van der Waals surface area contributed by atoms with Crippen molar-refractivity contribution in [3.63, 3.8) is 0 Å². The molecule has 0 spiro atoms. The molecule has 0 aliphatic rings. The fourth-order valence-corrected chi connectivity index (χ4v) is 0.817. The van der Waals surface area contributed by atoms with E-state index in [1.807, 2.05) is 0 Å². The number of hydrogen-bond donors (Lipinski definition) is 0. The summed E-state index contributed by atoms with van der Waals surface area (Å²) in [5.41, 5.74) is 0.756. The maximum absolute atomic E-state index is 12.4. The summed E-state index contributed by atoms with van der Waals surface area (Å²) < 4.78 is 29.6. The van der Waals surface area contributed by atoms with Crippen molar-refractivity contribution in [2.45, 2.75) is 19.8 Å². The Balaban J connectivity index is 2.60. The molecule has 0 aliphatic carbocycles. The first-order chi connectivity index (χ1) is 5.99. The van der Waals surface area contributed by atoms with E-state index in [0.717, 1.165) is 12.5 Å². The molecular formula is C9H11F2NO. The Morgan fingerprint density at radius 2 is 2.23 bits per heavy atom. The molecule has 0 saturated carbocycles. The van der Waals surface area contributed by atoms with Gasteiger partial charge in [0.15, 0.2) is 6.61 Å². The van der Waals surface area contributed by atoms with Crippen LogP contribution in [0, 0.1) is 6.92 Å². The van der Waals surface area contributed by atoms with E-state index < -0.39 is 12.5 Å². The van der Waals surface area contributed by atoms with Gasteiger partial charge < -0.3 is 4.74 Å². The third kappa shape index (κ3) is 3.36. The molecule has 4 heteroatoms. The third-order valence-corrected chi connectivity index (χ3v) is 1.42. The number of alkyl halides is 2. The fourth-order valence-electron chi connectivity index (χ4n) is 0.817. The van der Waals surface area contributed by atoms with Crippen molar-refractivity contribution in [2.75, 3.05) is 6.61 Å². The van der Waals surface area contributed by atoms with Crippen LogP contribution in [0.3, 0.4) is 0 Å². The van der Waals surface area contributed by atoms with Crippen LogP contribution in [-0.2, 0) is 0 Å². The molecule has 0 radical (unpaired) electrons. The predicted molar refractivity (Wildman–Crippen MR) is 45.1 cm³/mol. The fraction of sp³-hybridized carbons (Fsp3) is 0.444. The van der Waals surface area contributed by atoms with E-state index in [-0.39, 0.29) is 5.88 Å². The van der Waals surface area contributed by atoms with Gasteiger partial charge in [-0.1, -0.05) is 6.07 Å². The highest BCUT2D eigenvalue weighted by Gasteiger charge is 2.22. The molecule has 1 aromatic heterocycles. The van der Waals surface area contributed by atoms with Crippen LogP contribution in [0.25, 0.3) is 0 Å². The molecule has 13 heavy (non-hydrogen) atoms. The van der Waals surface area contributed by atoms with E-state index in [1.54, 1.807) is 19.1 Å². The average molecular weight is 187 g/mol. The number of halogens is 2. The minimum absolute atomic E-state index is 0.268. The SMILES string of the molecule is Cc1cccnc1OCC(C)(F)F. The molecule has 0 saturated heterocycles. The molecule has 0 aliphatic heterocycles. The molecule has 0 atom stereocenters. The number of aromatic nitrogens is 1. The molecule has 1 aromatic rings. The first-order valence-electron chi connectivity index (χ1n) is 3.91. The van der Waals surface area contributed by atoms with E-state index in [9.17, 15) is 8.78 Å². The van der Waals surface area contributed by atoms with Gasteiger partial charge in [-0.15, -0.1) is 0 Å². The summed E-state index contributed by atoms with van der Waals surface area (Å²) >= 11 is 0. The Hall–Kier alpha value is -1.19. The van der Waals surface area contributed by atoms with Crippen molar-refractivity contribution < 1.29 is 13.5 Å². The maximum atomic E-state index is 12.4. The Morgan fingerprint density at radius 1 is 1.54 bits per heavy atom. The summed E-state index contributed by atoms with van der Waals surface area (Å²) in [6, 6.07) is 3.49. The highest BCUT2D eigenvalue weighted by Crippen LogP contribution is 2.17. The second-order valence-corrected chi connectivity index (χ2v) is 2.98. The molecular weight excluding hydrogens is 176 g/mol. The van der Waals surface area contributed by atoms with Crippen LogP contribution in [-0.4, -0.2) is 17.5 Å². The molecule has 2 nitrogen and oxygen atoms in total. The lowest BCUT2D eigenvalue weighted by Crippen LogP contribution is -2.21. The zero-order valence-electron chi connectivity index (χ0n) is 7.55. The third-order valence-electron chi connectivity index (χ3n) is 1.42. The predicted octanol–water partition coefficient (Wildman–Crippen LogP) is 2.42. The van der Waals surface area contributed by atoms with Crippen molar-refractivity contribution in [3.8, 4) is 5.88 Å². The van der Waals surface area contributed by atoms with Crippen LogP contribution >= 0.6 is 0 Å². The van der Waals surface area contributed by atoms with Crippen LogP contribution < -0.4 is 4.74 Å². The molecule has 0 fully saturated rings. The number of rotatable bonds is 3. The van der Waals surface area contributed by atoms with Gasteiger partial charge in [-0.25, -0.2) is 13.8 Å². The summed E-state index contributed by atoms with van der Waals surface area (Å²) in [5, 5.41) is 0. The van der Waals surface area contributed by atoms with Gasteiger partial charge in [0.05, 0.1) is 0 Å². The zero-order valence-corrected chi connectivity index (χ0v) is 7.55. The Morgan fingerprint density at radius 3 is 2.77 bits per heavy atom. The number of aryl methyl sites for hydroxylation is 1. The summed E-state index contributed by atoms with van der Waals surface area (Å²) in [6.45, 7) is 1.94. The molecule has 72 valence electrons. The molecule has 0 aromatic carbocycles. The van der Waals surface area contributed by atoms with Crippen molar-refractivity contribution >= 4 is 0 Å². The molecule has 1 rings (SSSR count). The van der Waals surface area contributed by atoms with Crippen molar-refractivity contribution in [1.82, 2.24) is 4.98 Å². The number of nitrogens with zero attached hydrogens (tertiary/aromatic N) is 1. The lowest BCUT2D eigenvalue weighted by atomic mass is 10.3. The first-order valence-corrected chi connectivity index (χ1v) is 3.91. The standard InChI is InChI=1S/C9H11F2NO/c1-7-4-3-5-12-8(7)13-6-9(2,10)11/h3-5H,6H2,1-2H3. The van der Waals surface area contributed by atoms with E-state index >= 15 is 0 Å². The second-order valence-electron chi connectivity index (χ2n) is 2.98. The molecule has 0 bridgehead atoms.